The number of nitrogens with zero attached hydrogens (tertiary/aromatic N) is 1. The lowest BCUT2D eigenvalue weighted by Crippen LogP contribution is -2.37. The van der Waals surface area contributed by atoms with E-state index < -0.39 is 0 Å². The van der Waals surface area contributed by atoms with Gasteiger partial charge in [0.05, 0.1) is 6.10 Å². The highest BCUT2D eigenvalue weighted by molar-refractivity contribution is 5.70. The van der Waals surface area contributed by atoms with Gasteiger partial charge in [-0.05, 0) is 28.8 Å². The van der Waals surface area contributed by atoms with Gasteiger partial charge < -0.3 is 4.74 Å². The van der Waals surface area contributed by atoms with Crippen molar-refractivity contribution in [2.75, 3.05) is 20.2 Å². The van der Waals surface area contributed by atoms with Crippen molar-refractivity contribution in [1.29, 1.82) is 0 Å². The van der Waals surface area contributed by atoms with Crippen LogP contribution in [0.1, 0.15) is 11.1 Å². The maximum Gasteiger partial charge on any atom is 0.123 e. The zero-order chi connectivity index (χ0) is 15.4. The molecule has 2 aromatic rings. The van der Waals surface area contributed by atoms with Crippen molar-refractivity contribution in [3.8, 4) is 0 Å². The molecule has 22 heavy (non-hydrogen) atoms. The van der Waals surface area contributed by atoms with Gasteiger partial charge in [-0.1, -0.05) is 48.5 Å². The topological polar surface area (TPSA) is 12.5 Å². The van der Waals surface area contributed by atoms with Crippen molar-refractivity contribution in [3.05, 3.63) is 77.6 Å². The summed E-state index contributed by atoms with van der Waals surface area (Å²) in [5, 5.41) is 0. The maximum absolute atomic E-state index is 13.1. The fourth-order valence-electron chi connectivity index (χ4n) is 2.88. The number of rotatable bonds is 4. The molecule has 0 aliphatic carbocycles. The van der Waals surface area contributed by atoms with E-state index in [-0.39, 0.29) is 11.9 Å². The number of benzene rings is 2. The lowest BCUT2D eigenvalue weighted by atomic mass is 9.96. The first-order chi connectivity index (χ1) is 10.8. The molecule has 3 rings (SSSR count). The molecule has 0 amide bonds. The molecule has 0 spiro atoms. The standard InChI is InChI=1S/C19H20FNO/c1-22-19-14-21(13-15-5-3-2-4-6-15)12-11-18(19)16-7-9-17(20)10-8-16/h2-11,19H,12-14H2,1H3. The average Bonchev–Trinajstić information content (AvgIpc) is 2.56. The number of hydrogen-bond acceptors (Lipinski definition) is 2. The van der Waals surface area contributed by atoms with Crippen molar-refractivity contribution in [2.45, 2.75) is 12.6 Å². The Morgan fingerprint density at radius 2 is 1.82 bits per heavy atom. The van der Waals surface area contributed by atoms with Crippen molar-refractivity contribution in [3.63, 3.8) is 0 Å². The molecule has 2 nitrogen and oxygen atoms in total. The van der Waals surface area contributed by atoms with Crippen LogP contribution in [0.3, 0.4) is 0 Å². The summed E-state index contributed by atoms with van der Waals surface area (Å²) in [5.74, 6) is -0.208. The fourth-order valence-corrected chi connectivity index (χ4v) is 2.88. The summed E-state index contributed by atoms with van der Waals surface area (Å²) in [6.07, 6.45) is 2.20. The molecule has 0 fully saturated rings. The lowest BCUT2D eigenvalue weighted by molar-refractivity contribution is 0.0977. The second-order valence-corrected chi connectivity index (χ2v) is 5.57. The van der Waals surface area contributed by atoms with E-state index in [1.807, 2.05) is 18.2 Å². The highest BCUT2D eigenvalue weighted by atomic mass is 19.1. The van der Waals surface area contributed by atoms with E-state index in [1.54, 1.807) is 7.11 Å². The molecule has 0 bridgehead atoms. The summed E-state index contributed by atoms with van der Waals surface area (Å²) in [6.45, 7) is 2.63. The Morgan fingerprint density at radius 3 is 2.50 bits per heavy atom. The smallest absolute Gasteiger partial charge is 0.123 e. The van der Waals surface area contributed by atoms with E-state index in [0.717, 1.165) is 30.8 Å². The Bertz CT molecular complexity index is 636. The van der Waals surface area contributed by atoms with Gasteiger partial charge in [-0.3, -0.25) is 4.90 Å². The zero-order valence-electron chi connectivity index (χ0n) is 12.7. The third-order valence-corrected chi connectivity index (χ3v) is 4.05. The van der Waals surface area contributed by atoms with Crippen molar-refractivity contribution < 1.29 is 9.13 Å². The molecule has 1 heterocycles. The van der Waals surface area contributed by atoms with Gasteiger partial charge >= 0.3 is 0 Å². The van der Waals surface area contributed by atoms with Crippen LogP contribution < -0.4 is 0 Å². The number of ether oxygens (including phenoxy) is 1. The summed E-state index contributed by atoms with van der Waals surface area (Å²) in [6, 6.07) is 17.1. The van der Waals surface area contributed by atoms with Gasteiger partial charge in [-0.2, -0.15) is 0 Å². The second kappa shape index (κ2) is 6.86. The lowest BCUT2D eigenvalue weighted by Gasteiger charge is -2.32. The first-order valence-electron chi connectivity index (χ1n) is 7.51. The van der Waals surface area contributed by atoms with Gasteiger partial charge in [0, 0.05) is 26.7 Å². The minimum Gasteiger partial charge on any atom is -0.375 e. The Kier molecular flexibility index (Phi) is 4.66. The van der Waals surface area contributed by atoms with Gasteiger partial charge in [-0.15, -0.1) is 0 Å². The average molecular weight is 297 g/mol. The summed E-state index contributed by atoms with van der Waals surface area (Å²) in [5.41, 5.74) is 3.48. The van der Waals surface area contributed by atoms with E-state index >= 15 is 0 Å². The molecular formula is C19H20FNO. The van der Waals surface area contributed by atoms with E-state index in [0.29, 0.717) is 0 Å². The molecule has 114 valence electrons. The zero-order valence-corrected chi connectivity index (χ0v) is 12.7. The fraction of sp³-hybridized carbons (Fsp3) is 0.263. The molecule has 1 unspecified atom stereocenters. The predicted molar refractivity (Wildman–Crippen MR) is 86.9 cm³/mol. The molecule has 1 aliphatic rings. The summed E-state index contributed by atoms with van der Waals surface area (Å²) in [4.78, 5) is 2.36. The number of methoxy groups -OCH3 is 1. The molecule has 0 radical (unpaired) electrons. The minimum absolute atomic E-state index is 0.0166. The van der Waals surface area contributed by atoms with Crippen LogP contribution in [0.15, 0.2) is 60.7 Å². The van der Waals surface area contributed by atoms with E-state index in [4.69, 9.17) is 4.74 Å². The Balaban J connectivity index is 1.75. The van der Waals surface area contributed by atoms with Crippen LogP contribution in [0.5, 0.6) is 0 Å². The van der Waals surface area contributed by atoms with Crippen LogP contribution in [-0.4, -0.2) is 31.2 Å². The quantitative estimate of drug-likeness (QED) is 0.852. The highest BCUT2D eigenvalue weighted by Crippen LogP contribution is 2.25. The molecule has 0 aromatic heterocycles. The van der Waals surface area contributed by atoms with Crippen LogP contribution in [0.2, 0.25) is 0 Å². The molecule has 0 saturated carbocycles. The van der Waals surface area contributed by atoms with Gasteiger partial charge in [-0.25, -0.2) is 4.39 Å². The molecule has 0 saturated heterocycles. The van der Waals surface area contributed by atoms with Crippen LogP contribution in [0.25, 0.3) is 5.57 Å². The Hall–Kier alpha value is -1.97. The third-order valence-electron chi connectivity index (χ3n) is 4.05. The summed E-state index contributed by atoms with van der Waals surface area (Å²) in [7, 11) is 1.73. The summed E-state index contributed by atoms with van der Waals surface area (Å²) < 4.78 is 18.7. The second-order valence-electron chi connectivity index (χ2n) is 5.57. The van der Waals surface area contributed by atoms with Crippen molar-refractivity contribution in [1.82, 2.24) is 4.90 Å². The molecule has 2 aromatic carbocycles. The normalized spacial score (nSPS) is 19.0. The Labute approximate surface area is 130 Å². The van der Waals surface area contributed by atoms with Crippen LogP contribution in [-0.2, 0) is 11.3 Å². The number of halogens is 1. The summed E-state index contributed by atoms with van der Waals surface area (Å²) >= 11 is 0. The first kappa shape index (κ1) is 14.9. The van der Waals surface area contributed by atoms with Gasteiger partial charge in [0.25, 0.3) is 0 Å². The predicted octanol–water partition coefficient (Wildman–Crippen LogP) is 3.74. The Morgan fingerprint density at radius 1 is 1.09 bits per heavy atom. The SMILES string of the molecule is COC1CN(Cc2ccccc2)CC=C1c1ccc(F)cc1. The van der Waals surface area contributed by atoms with E-state index in [1.165, 1.54) is 17.7 Å². The molecular weight excluding hydrogens is 277 g/mol. The van der Waals surface area contributed by atoms with Crippen LogP contribution in [0.4, 0.5) is 4.39 Å². The van der Waals surface area contributed by atoms with Gasteiger partial charge in [0.1, 0.15) is 5.82 Å². The van der Waals surface area contributed by atoms with E-state index in [9.17, 15) is 4.39 Å². The molecule has 3 heteroatoms. The highest BCUT2D eigenvalue weighted by Gasteiger charge is 2.23. The molecule has 1 aliphatic heterocycles. The first-order valence-corrected chi connectivity index (χ1v) is 7.51. The van der Waals surface area contributed by atoms with E-state index in [2.05, 4.69) is 35.2 Å². The monoisotopic (exact) mass is 297 g/mol. The molecule has 1 atom stereocenters. The molecule has 0 N–H and O–H groups in total. The minimum atomic E-state index is -0.208. The number of hydrogen-bond donors (Lipinski definition) is 0. The van der Waals surface area contributed by atoms with Gasteiger partial charge in [0.15, 0.2) is 0 Å². The van der Waals surface area contributed by atoms with Crippen molar-refractivity contribution >= 4 is 5.57 Å². The van der Waals surface area contributed by atoms with Crippen LogP contribution in [0, 0.1) is 5.82 Å². The van der Waals surface area contributed by atoms with Crippen molar-refractivity contribution in [2.24, 2.45) is 0 Å². The maximum atomic E-state index is 13.1. The third kappa shape index (κ3) is 3.43. The van der Waals surface area contributed by atoms with Gasteiger partial charge in [0.2, 0.25) is 0 Å². The van der Waals surface area contributed by atoms with Crippen LogP contribution >= 0.6 is 0 Å². The largest absolute Gasteiger partial charge is 0.375 e.